The molecule has 0 radical (unpaired) electrons. The van der Waals surface area contributed by atoms with Gasteiger partial charge in [0, 0.05) is 17.8 Å². The van der Waals surface area contributed by atoms with Gasteiger partial charge in [0.25, 0.3) is 11.6 Å². The van der Waals surface area contributed by atoms with Gasteiger partial charge in [0.05, 0.1) is 17.7 Å². The van der Waals surface area contributed by atoms with E-state index in [1.807, 2.05) is 32.0 Å². The number of nitrogens with zero attached hydrogens (tertiary/aromatic N) is 1. The van der Waals surface area contributed by atoms with E-state index in [1.54, 1.807) is 16.8 Å². The maximum absolute atomic E-state index is 13.0. The molecule has 3 N–H and O–H groups in total. The summed E-state index contributed by atoms with van der Waals surface area (Å²) < 4.78 is 5.16. The minimum absolute atomic E-state index is 0.109. The number of aryl methyl sites for hydroxylation is 2. The van der Waals surface area contributed by atoms with Gasteiger partial charge in [-0.1, -0.05) is 6.07 Å². The van der Waals surface area contributed by atoms with Crippen molar-refractivity contribution in [3.8, 4) is 5.75 Å². The average Bonchev–Trinajstić information content (AvgIpc) is 3.25. The zero-order valence-corrected chi connectivity index (χ0v) is 18.5. The van der Waals surface area contributed by atoms with Crippen molar-refractivity contribution in [2.75, 3.05) is 17.7 Å². The number of thiophene rings is 1. The summed E-state index contributed by atoms with van der Waals surface area (Å²) >= 11 is 1.39. The second kappa shape index (κ2) is 9.92. The van der Waals surface area contributed by atoms with E-state index in [9.17, 15) is 19.7 Å². The van der Waals surface area contributed by atoms with Crippen LogP contribution in [0.1, 0.15) is 22.7 Å². The lowest BCUT2D eigenvalue weighted by molar-refractivity contribution is -0.384. The van der Waals surface area contributed by atoms with E-state index >= 15 is 0 Å². The summed E-state index contributed by atoms with van der Waals surface area (Å²) in [4.78, 5) is 36.2. The quantitative estimate of drug-likeness (QED) is 0.350. The standard InChI is InChI=1S/C22H22N4O5S/c1-13-8-14(2)10-16(9-13)23-21(27)20(15-6-7-32-12-15)25-22(28)24-18-11-17(26(29)30)4-5-19(18)31-3/h4-12,20H,1-3H3,(H,23,27)(H2,24,25,28). The predicted octanol–water partition coefficient (Wildman–Crippen LogP) is 4.78. The van der Waals surface area contributed by atoms with Crippen molar-refractivity contribution < 1.29 is 19.2 Å². The maximum Gasteiger partial charge on any atom is 0.320 e. The zero-order chi connectivity index (χ0) is 23.3. The molecule has 1 atom stereocenters. The highest BCUT2D eigenvalue weighted by Gasteiger charge is 2.24. The highest BCUT2D eigenvalue weighted by molar-refractivity contribution is 7.08. The smallest absolute Gasteiger partial charge is 0.320 e. The number of benzene rings is 2. The first-order valence-electron chi connectivity index (χ1n) is 9.58. The molecule has 1 heterocycles. The summed E-state index contributed by atoms with van der Waals surface area (Å²) in [5.74, 6) is -0.174. The van der Waals surface area contributed by atoms with E-state index in [0.29, 0.717) is 11.3 Å². The van der Waals surface area contributed by atoms with Crippen LogP contribution < -0.4 is 20.7 Å². The van der Waals surface area contributed by atoms with Crippen molar-refractivity contribution >= 4 is 40.3 Å². The molecule has 10 heteroatoms. The number of hydrogen-bond donors (Lipinski definition) is 3. The van der Waals surface area contributed by atoms with Crippen molar-refractivity contribution in [1.29, 1.82) is 0 Å². The lowest BCUT2D eigenvalue weighted by atomic mass is 10.1. The molecule has 9 nitrogen and oxygen atoms in total. The van der Waals surface area contributed by atoms with Gasteiger partial charge in [-0.3, -0.25) is 14.9 Å². The summed E-state index contributed by atoms with van der Waals surface area (Å²) in [6.45, 7) is 3.86. The van der Waals surface area contributed by atoms with Crippen molar-refractivity contribution in [2.24, 2.45) is 0 Å². The van der Waals surface area contributed by atoms with Gasteiger partial charge >= 0.3 is 6.03 Å². The molecule has 0 aliphatic rings. The van der Waals surface area contributed by atoms with E-state index in [1.165, 1.54) is 36.6 Å². The molecule has 0 aliphatic carbocycles. The summed E-state index contributed by atoms with van der Waals surface area (Å²) in [6, 6.07) is 9.56. The fraction of sp³-hybridized carbons (Fsp3) is 0.182. The third-order valence-electron chi connectivity index (χ3n) is 4.55. The normalized spacial score (nSPS) is 11.3. The SMILES string of the molecule is COc1ccc([N+](=O)[O-])cc1NC(=O)NC(C(=O)Nc1cc(C)cc(C)c1)c1ccsc1. The van der Waals surface area contributed by atoms with E-state index < -0.39 is 22.9 Å². The minimum Gasteiger partial charge on any atom is -0.495 e. The van der Waals surface area contributed by atoms with Crippen LogP contribution in [0.2, 0.25) is 0 Å². The summed E-state index contributed by atoms with van der Waals surface area (Å²) in [7, 11) is 1.38. The first-order chi connectivity index (χ1) is 15.3. The molecule has 0 bridgehead atoms. The Labute approximate surface area is 188 Å². The summed E-state index contributed by atoms with van der Waals surface area (Å²) in [6.07, 6.45) is 0. The number of nitro benzene ring substituents is 1. The third-order valence-corrected chi connectivity index (χ3v) is 5.25. The number of urea groups is 1. The Morgan fingerprint density at radius 3 is 2.38 bits per heavy atom. The lowest BCUT2D eigenvalue weighted by Crippen LogP contribution is -2.39. The Balaban J connectivity index is 1.80. The van der Waals surface area contributed by atoms with Crippen LogP contribution >= 0.6 is 11.3 Å². The number of non-ortho nitro benzene ring substituents is 1. The van der Waals surface area contributed by atoms with Crippen molar-refractivity contribution in [1.82, 2.24) is 5.32 Å². The number of carbonyl (C=O) groups is 2. The number of nitrogens with one attached hydrogen (secondary N) is 3. The summed E-state index contributed by atoms with van der Waals surface area (Å²) in [5.41, 5.74) is 3.13. The summed E-state index contributed by atoms with van der Waals surface area (Å²) in [5, 5.41) is 22.6. The largest absolute Gasteiger partial charge is 0.495 e. The molecule has 0 spiro atoms. The van der Waals surface area contributed by atoms with Crippen LogP contribution in [0.5, 0.6) is 5.75 Å². The number of amides is 3. The molecule has 3 aromatic rings. The highest BCUT2D eigenvalue weighted by Crippen LogP contribution is 2.29. The second-order valence-corrected chi connectivity index (χ2v) is 7.88. The van der Waals surface area contributed by atoms with E-state index in [-0.39, 0.29) is 17.1 Å². The van der Waals surface area contributed by atoms with Gasteiger partial charge in [-0.2, -0.15) is 11.3 Å². The molecule has 32 heavy (non-hydrogen) atoms. The molecule has 0 saturated heterocycles. The van der Waals surface area contributed by atoms with Gasteiger partial charge in [0.1, 0.15) is 11.8 Å². The molecular weight excluding hydrogens is 432 g/mol. The number of carbonyl (C=O) groups excluding carboxylic acids is 2. The monoisotopic (exact) mass is 454 g/mol. The van der Waals surface area contributed by atoms with Gasteiger partial charge in [0.15, 0.2) is 0 Å². The lowest BCUT2D eigenvalue weighted by Gasteiger charge is -2.19. The Kier molecular flexibility index (Phi) is 7.06. The third kappa shape index (κ3) is 5.61. The van der Waals surface area contributed by atoms with E-state index in [2.05, 4.69) is 16.0 Å². The highest BCUT2D eigenvalue weighted by atomic mass is 32.1. The molecular formula is C22H22N4O5S. The molecule has 0 saturated carbocycles. The van der Waals surface area contributed by atoms with Gasteiger partial charge < -0.3 is 20.7 Å². The number of methoxy groups -OCH3 is 1. The average molecular weight is 455 g/mol. The maximum atomic E-state index is 13.0. The van der Waals surface area contributed by atoms with Crippen LogP contribution in [-0.4, -0.2) is 24.0 Å². The van der Waals surface area contributed by atoms with Gasteiger partial charge in [-0.05, 0) is 65.6 Å². The van der Waals surface area contributed by atoms with Crippen LogP contribution in [0.15, 0.2) is 53.2 Å². The van der Waals surface area contributed by atoms with Crippen LogP contribution in [0, 0.1) is 24.0 Å². The first-order valence-corrected chi connectivity index (χ1v) is 10.5. The molecule has 1 unspecified atom stereocenters. The Morgan fingerprint density at radius 1 is 1.06 bits per heavy atom. The predicted molar refractivity (Wildman–Crippen MR) is 123 cm³/mol. The first kappa shape index (κ1) is 22.8. The second-order valence-electron chi connectivity index (χ2n) is 7.10. The van der Waals surface area contributed by atoms with Crippen molar-refractivity contribution in [3.63, 3.8) is 0 Å². The molecule has 0 fully saturated rings. The topological polar surface area (TPSA) is 123 Å². The van der Waals surface area contributed by atoms with Crippen LogP contribution in [0.3, 0.4) is 0 Å². The fourth-order valence-electron chi connectivity index (χ4n) is 3.20. The van der Waals surface area contributed by atoms with Gasteiger partial charge in [0.2, 0.25) is 0 Å². The minimum atomic E-state index is -0.980. The van der Waals surface area contributed by atoms with Crippen LogP contribution in [-0.2, 0) is 4.79 Å². The molecule has 3 amide bonds. The number of nitro groups is 1. The van der Waals surface area contributed by atoms with E-state index in [0.717, 1.165) is 11.1 Å². The van der Waals surface area contributed by atoms with E-state index in [4.69, 9.17) is 4.74 Å². The van der Waals surface area contributed by atoms with Crippen LogP contribution in [0.25, 0.3) is 0 Å². The molecule has 0 aliphatic heterocycles. The van der Waals surface area contributed by atoms with Gasteiger partial charge in [-0.25, -0.2) is 4.79 Å². The number of ether oxygens (including phenoxy) is 1. The van der Waals surface area contributed by atoms with Crippen LogP contribution in [0.4, 0.5) is 21.9 Å². The molecule has 2 aromatic carbocycles. The van der Waals surface area contributed by atoms with Gasteiger partial charge in [-0.15, -0.1) is 0 Å². The number of hydrogen-bond acceptors (Lipinski definition) is 6. The Morgan fingerprint density at radius 2 is 1.78 bits per heavy atom. The van der Waals surface area contributed by atoms with Crippen molar-refractivity contribution in [2.45, 2.75) is 19.9 Å². The Hall–Kier alpha value is -3.92. The molecule has 1 aromatic heterocycles. The fourth-order valence-corrected chi connectivity index (χ4v) is 3.88. The molecule has 3 rings (SSSR count). The zero-order valence-electron chi connectivity index (χ0n) is 17.7. The molecule has 166 valence electrons. The van der Waals surface area contributed by atoms with Crippen molar-refractivity contribution in [3.05, 3.63) is 80.0 Å². The number of anilines is 2. The Bertz CT molecular complexity index is 1130. The number of rotatable bonds is 7.